The molecule has 0 radical (unpaired) electrons. The number of aliphatic imine (C=N–C) groups is 1. The standard InChI is InChI=1S/C23H15N5O/c24-8-14-1-3-19(16(5-14)9-25)18-6-17(11-27-12-18)15-2-4-20-21(7-15)22(10-26)28-13-23(20)29/h1-7,11-12H,10,13,26H2. The molecule has 0 atom stereocenters. The number of carbonyl (C=O) groups is 1. The molecule has 1 aliphatic rings. The molecule has 0 bridgehead atoms. The van der Waals surface area contributed by atoms with E-state index in [1.807, 2.05) is 24.3 Å². The second-order valence-corrected chi connectivity index (χ2v) is 6.60. The van der Waals surface area contributed by atoms with Gasteiger partial charge in [0.15, 0.2) is 5.78 Å². The van der Waals surface area contributed by atoms with Crippen molar-refractivity contribution < 1.29 is 4.79 Å². The van der Waals surface area contributed by atoms with E-state index in [2.05, 4.69) is 16.0 Å². The molecule has 6 heteroatoms. The minimum absolute atomic E-state index is 0.0214. The van der Waals surface area contributed by atoms with Crippen LogP contribution in [0.25, 0.3) is 22.3 Å². The van der Waals surface area contributed by atoms with Crippen LogP contribution in [0.5, 0.6) is 0 Å². The molecule has 1 aliphatic heterocycles. The average Bonchev–Trinajstić information content (AvgIpc) is 2.78. The Morgan fingerprint density at radius 1 is 0.897 bits per heavy atom. The molecule has 0 saturated carbocycles. The van der Waals surface area contributed by atoms with Crippen molar-refractivity contribution in [2.75, 3.05) is 13.1 Å². The van der Waals surface area contributed by atoms with Crippen molar-refractivity contribution in [3.8, 4) is 34.4 Å². The third kappa shape index (κ3) is 3.29. The number of hydrogen-bond donors (Lipinski definition) is 1. The van der Waals surface area contributed by atoms with Gasteiger partial charge in [-0.25, -0.2) is 0 Å². The SMILES string of the molecule is N#Cc1ccc(-c2cncc(-c3ccc4c(c3)C(CN)=NCC4=O)c2)c(C#N)c1. The van der Waals surface area contributed by atoms with Crippen LogP contribution in [0.4, 0.5) is 0 Å². The van der Waals surface area contributed by atoms with Crippen LogP contribution in [0.1, 0.15) is 27.0 Å². The molecule has 3 aromatic rings. The molecule has 6 nitrogen and oxygen atoms in total. The third-order valence-electron chi connectivity index (χ3n) is 4.89. The van der Waals surface area contributed by atoms with Crippen LogP contribution in [-0.4, -0.2) is 29.6 Å². The van der Waals surface area contributed by atoms with Crippen LogP contribution in [0.2, 0.25) is 0 Å². The maximum Gasteiger partial charge on any atom is 0.184 e. The number of nitrogens with zero attached hydrogens (tertiary/aromatic N) is 4. The van der Waals surface area contributed by atoms with E-state index in [1.54, 1.807) is 36.7 Å². The van der Waals surface area contributed by atoms with Gasteiger partial charge in [-0.3, -0.25) is 14.8 Å². The lowest BCUT2D eigenvalue weighted by atomic mass is 9.92. The Hall–Kier alpha value is -4.13. The molecular weight excluding hydrogens is 362 g/mol. The van der Waals surface area contributed by atoms with Crippen molar-refractivity contribution in [3.05, 3.63) is 77.1 Å². The van der Waals surface area contributed by atoms with Gasteiger partial charge >= 0.3 is 0 Å². The Morgan fingerprint density at radius 3 is 2.45 bits per heavy atom. The first kappa shape index (κ1) is 18.2. The van der Waals surface area contributed by atoms with Gasteiger partial charge in [-0.05, 0) is 29.8 Å². The highest BCUT2D eigenvalue weighted by atomic mass is 16.1. The van der Waals surface area contributed by atoms with Gasteiger partial charge in [-0.1, -0.05) is 18.2 Å². The van der Waals surface area contributed by atoms with Crippen LogP contribution in [0, 0.1) is 22.7 Å². The Bertz CT molecular complexity index is 1260. The van der Waals surface area contributed by atoms with Crippen LogP contribution in [0.15, 0.2) is 59.9 Å². The van der Waals surface area contributed by atoms with Gasteiger partial charge in [-0.2, -0.15) is 10.5 Å². The van der Waals surface area contributed by atoms with Gasteiger partial charge in [0, 0.05) is 46.8 Å². The van der Waals surface area contributed by atoms with Crippen molar-refractivity contribution in [3.63, 3.8) is 0 Å². The number of Topliss-reactive ketones (excluding diaryl/α,β-unsaturated/α-hetero) is 1. The summed E-state index contributed by atoms with van der Waals surface area (Å²) in [7, 11) is 0. The summed E-state index contributed by atoms with van der Waals surface area (Å²) in [6.45, 7) is 0.393. The zero-order valence-corrected chi connectivity index (χ0v) is 15.4. The highest BCUT2D eigenvalue weighted by Gasteiger charge is 2.20. The van der Waals surface area contributed by atoms with Gasteiger partial charge in [0.2, 0.25) is 0 Å². The number of rotatable bonds is 3. The van der Waals surface area contributed by atoms with Gasteiger partial charge < -0.3 is 5.73 Å². The quantitative estimate of drug-likeness (QED) is 0.753. The molecule has 2 aromatic carbocycles. The molecule has 29 heavy (non-hydrogen) atoms. The third-order valence-corrected chi connectivity index (χ3v) is 4.89. The van der Waals surface area contributed by atoms with Crippen LogP contribution >= 0.6 is 0 Å². The summed E-state index contributed by atoms with van der Waals surface area (Å²) in [5.74, 6) is -0.0214. The number of nitriles is 2. The Labute approximate surface area is 167 Å². The fourth-order valence-electron chi connectivity index (χ4n) is 3.42. The van der Waals surface area contributed by atoms with Crippen LogP contribution < -0.4 is 5.73 Å². The number of carbonyl (C=O) groups excluding carboxylic acids is 1. The highest BCUT2D eigenvalue weighted by molar-refractivity contribution is 6.16. The van der Waals surface area contributed by atoms with Gasteiger partial charge in [-0.15, -0.1) is 0 Å². The maximum absolute atomic E-state index is 12.1. The summed E-state index contributed by atoms with van der Waals surface area (Å²) in [6, 6.07) is 16.7. The molecule has 0 saturated heterocycles. The van der Waals surface area contributed by atoms with Crippen LogP contribution in [-0.2, 0) is 0 Å². The molecule has 1 aromatic heterocycles. The number of benzene rings is 2. The summed E-state index contributed by atoms with van der Waals surface area (Å²) in [5, 5.41) is 18.5. The normalized spacial score (nSPS) is 12.5. The number of hydrogen-bond acceptors (Lipinski definition) is 6. The zero-order valence-electron chi connectivity index (χ0n) is 15.4. The number of aromatic nitrogens is 1. The first-order chi connectivity index (χ1) is 14.1. The lowest BCUT2D eigenvalue weighted by Crippen LogP contribution is -2.24. The Morgan fingerprint density at radius 2 is 1.69 bits per heavy atom. The minimum Gasteiger partial charge on any atom is -0.325 e. The molecule has 0 aliphatic carbocycles. The number of ketones is 1. The Balaban J connectivity index is 1.80. The van der Waals surface area contributed by atoms with Crippen molar-refractivity contribution >= 4 is 11.5 Å². The topological polar surface area (TPSA) is 116 Å². The molecule has 0 spiro atoms. The lowest BCUT2D eigenvalue weighted by molar-refractivity contribution is 0.1000. The average molecular weight is 377 g/mol. The summed E-state index contributed by atoms with van der Waals surface area (Å²) < 4.78 is 0. The van der Waals surface area contributed by atoms with E-state index < -0.39 is 0 Å². The lowest BCUT2D eigenvalue weighted by Gasteiger charge is -2.16. The summed E-state index contributed by atoms with van der Waals surface area (Å²) in [6.07, 6.45) is 3.41. The fourth-order valence-corrected chi connectivity index (χ4v) is 3.42. The van der Waals surface area contributed by atoms with Crippen molar-refractivity contribution in [1.29, 1.82) is 10.5 Å². The summed E-state index contributed by atoms with van der Waals surface area (Å²) in [5.41, 5.74) is 11.9. The monoisotopic (exact) mass is 377 g/mol. The van der Waals surface area contributed by atoms with E-state index >= 15 is 0 Å². The second-order valence-electron chi connectivity index (χ2n) is 6.60. The number of nitrogens with two attached hydrogens (primary N) is 1. The van der Waals surface area contributed by atoms with Crippen molar-refractivity contribution in [2.45, 2.75) is 0 Å². The largest absolute Gasteiger partial charge is 0.325 e. The minimum atomic E-state index is -0.0214. The maximum atomic E-state index is 12.1. The van der Waals surface area contributed by atoms with E-state index in [4.69, 9.17) is 11.0 Å². The smallest absolute Gasteiger partial charge is 0.184 e. The highest BCUT2D eigenvalue weighted by Crippen LogP contribution is 2.30. The first-order valence-corrected chi connectivity index (χ1v) is 8.95. The molecule has 0 unspecified atom stereocenters. The predicted octanol–water partition coefficient (Wildman–Crippen LogP) is 3.10. The van der Waals surface area contributed by atoms with Gasteiger partial charge in [0.25, 0.3) is 0 Å². The van der Waals surface area contributed by atoms with E-state index in [-0.39, 0.29) is 18.9 Å². The molecule has 2 heterocycles. The molecule has 138 valence electrons. The summed E-state index contributed by atoms with van der Waals surface area (Å²) >= 11 is 0. The van der Waals surface area contributed by atoms with Crippen molar-refractivity contribution in [1.82, 2.24) is 4.98 Å². The second kappa shape index (κ2) is 7.47. The molecule has 4 rings (SSSR count). The van der Waals surface area contributed by atoms with E-state index in [0.717, 1.165) is 22.3 Å². The zero-order chi connectivity index (χ0) is 20.4. The molecule has 0 fully saturated rings. The Kier molecular flexibility index (Phi) is 4.70. The predicted molar refractivity (Wildman–Crippen MR) is 109 cm³/mol. The molecular formula is C23H15N5O. The molecule has 2 N–H and O–H groups in total. The summed E-state index contributed by atoms with van der Waals surface area (Å²) in [4.78, 5) is 20.7. The van der Waals surface area contributed by atoms with Crippen LogP contribution in [0.3, 0.4) is 0 Å². The van der Waals surface area contributed by atoms with E-state index in [1.165, 1.54) is 0 Å². The number of fused-ring (bicyclic) bond motifs is 1. The van der Waals surface area contributed by atoms with E-state index in [0.29, 0.717) is 28.0 Å². The molecule has 0 amide bonds. The van der Waals surface area contributed by atoms with Gasteiger partial charge in [0.05, 0.1) is 29.0 Å². The number of pyridine rings is 1. The van der Waals surface area contributed by atoms with E-state index in [9.17, 15) is 10.1 Å². The van der Waals surface area contributed by atoms with Gasteiger partial charge in [0.1, 0.15) is 6.54 Å². The fraction of sp³-hybridized carbons (Fsp3) is 0.0870. The van der Waals surface area contributed by atoms with Crippen molar-refractivity contribution in [2.24, 2.45) is 10.7 Å². The first-order valence-electron chi connectivity index (χ1n) is 8.95.